The first-order valence-electron chi connectivity index (χ1n) is 11.4. The minimum Gasteiger partial charge on any atom is -0.437 e. The minimum absolute atomic E-state index is 0.171. The molecule has 178 valence electrons. The van der Waals surface area contributed by atoms with Gasteiger partial charge in [0.05, 0.1) is 23.3 Å². The van der Waals surface area contributed by atoms with Gasteiger partial charge in [0, 0.05) is 18.5 Å². The van der Waals surface area contributed by atoms with Crippen LogP contribution >= 0.6 is 0 Å². The molecule has 9 heteroatoms. The second kappa shape index (κ2) is 9.47. The molecule has 8 nitrogen and oxygen atoms in total. The maximum absolute atomic E-state index is 12.7. The van der Waals surface area contributed by atoms with Crippen LogP contribution in [0, 0.1) is 24.2 Å². The summed E-state index contributed by atoms with van der Waals surface area (Å²) in [5, 5.41) is 9.30. The van der Waals surface area contributed by atoms with Crippen molar-refractivity contribution >= 4 is 32.8 Å². The Balaban J connectivity index is 1.88. The monoisotopic (exact) mass is 480 g/mol. The molecule has 3 aromatic rings. The van der Waals surface area contributed by atoms with Gasteiger partial charge < -0.3 is 10.2 Å². The van der Waals surface area contributed by atoms with Crippen LogP contribution in [0.4, 0.5) is 5.82 Å². The zero-order chi connectivity index (χ0) is 24.5. The number of hydrogen-bond donors (Lipinski definition) is 1. The Kier molecular flexibility index (Phi) is 6.62. The first-order valence-corrected chi connectivity index (χ1v) is 13.2. The third-order valence-electron chi connectivity index (χ3n) is 6.04. The van der Waals surface area contributed by atoms with Crippen molar-refractivity contribution in [2.24, 2.45) is 11.7 Å². The normalized spacial score (nSPS) is 13.7. The molecule has 0 atom stereocenters. The minimum atomic E-state index is -3.63. The molecular weight excluding hydrogens is 452 g/mol. The molecule has 1 aliphatic rings. The van der Waals surface area contributed by atoms with Crippen LogP contribution in [-0.4, -0.2) is 32.1 Å². The first-order chi connectivity index (χ1) is 16.2. The van der Waals surface area contributed by atoms with Crippen LogP contribution in [0.1, 0.15) is 53.6 Å². The van der Waals surface area contributed by atoms with Crippen LogP contribution in [0.15, 0.2) is 34.7 Å². The fourth-order valence-electron chi connectivity index (χ4n) is 4.10. The predicted octanol–water partition coefficient (Wildman–Crippen LogP) is 4.31. The van der Waals surface area contributed by atoms with Crippen molar-refractivity contribution < 1.29 is 17.6 Å². The lowest BCUT2D eigenvalue weighted by Crippen LogP contribution is -2.32. The zero-order valence-corrected chi connectivity index (χ0v) is 20.2. The van der Waals surface area contributed by atoms with Crippen molar-refractivity contribution in [2.45, 2.75) is 45.4 Å². The van der Waals surface area contributed by atoms with Crippen molar-refractivity contribution in [3.63, 3.8) is 0 Å². The van der Waals surface area contributed by atoms with E-state index in [1.54, 1.807) is 0 Å². The zero-order valence-electron chi connectivity index (χ0n) is 19.4. The highest BCUT2D eigenvalue weighted by Crippen LogP contribution is 2.39. The van der Waals surface area contributed by atoms with Crippen LogP contribution in [0.2, 0.25) is 0 Å². The molecule has 4 rings (SSSR count). The van der Waals surface area contributed by atoms with Crippen molar-refractivity contribution in [1.82, 2.24) is 4.98 Å². The maximum Gasteiger partial charge on any atom is 0.253 e. The topological polar surface area (TPSA) is 130 Å². The summed E-state index contributed by atoms with van der Waals surface area (Å²) in [5.41, 5.74) is 8.68. The molecule has 2 aromatic heterocycles. The number of amides is 1. The van der Waals surface area contributed by atoms with Crippen LogP contribution in [0.25, 0.3) is 22.4 Å². The Bertz CT molecular complexity index is 1370. The number of anilines is 1. The number of pyridine rings is 1. The number of nitriles is 1. The van der Waals surface area contributed by atoms with Gasteiger partial charge in [-0.15, -0.1) is 0 Å². The standard InChI is InChI=1S/C25H28N4O4S/c1-16-6-10-18(11-7-16)22-21(23(27)30)20-15-19(14-17-8-9-17)24(28-25(20)33-22)29(34(2,31)32)13-5-3-4-12-26/h6-7,10-11,15,17H,3-5,8-9,13-14H2,1-2H3,(H2,27,30). The third kappa shape index (κ3) is 5.07. The van der Waals surface area contributed by atoms with E-state index in [1.807, 2.05) is 37.3 Å². The number of nitrogens with zero attached hydrogens (tertiary/aromatic N) is 3. The summed E-state index contributed by atoms with van der Waals surface area (Å²) in [6, 6.07) is 11.4. The molecule has 0 aliphatic heterocycles. The van der Waals surface area contributed by atoms with Crippen LogP contribution < -0.4 is 10.0 Å². The Morgan fingerprint density at radius 3 is 2.56 bits per heavy atom. The summed E-state index contributed by atoms with van der Waals surface area (Å²) in [5.74, 6) is 0.472. The van der Waals surface area contributed by atoms with Crippen LogP contribution in [0.3, 0.4) is 0 Å². The molecule has 0 unspecified atom stereocenters. The van der Waals surface area contributed by atoms with Crippen molar-refractivity contribution in [2.75, 3.05) is 17.1 Å². The molecule has 1 aliphatic carbocycles. The van der Waals surface area contributed by atoms with Crippen LogP contribution in [0.5, 0.6) is 0 Å². The molecule has 0 radical (unpaired) electrons. The molecule has 1 amide bonds. The van der Waals surface area contributed by atoms with Gasteiger partial charge in [0.1, 0.15) is 11.6 Å². The van der Waals surface area contributed by atoms with Gasteiger partial charge >= 0.3 is 0 Å². The van der Waals surface area contributed by atoms with E-state index >= 15 is 0 Å². The van der Waals surface area contributed by atoms with Gasteiger partial charge in [-0.1, -0.05) is 29.8 Å². The smallest absolute Gasteiger partial charge is 0.253 e. The maximum atomic E-state index is 12.7. The summed E-state index contributed by atoms with van der Waals surface area (Å²) >= 11 is 0. The quantitative estimate of drug-likeness (QED) is 0.430. The van der Waals surface area contributed by atoms with Gasteiger partial charge in [0.2, 0.25) is 15.7 Å². The van der Waals surface area contributed by atoms with Crippen molar-refractivity contribution in [1.29, 1.82) is 5.26 Å². The average Bonchev–Trinajstić information content (AvgIpc) is 3.50. The lowest BCUT2D eigenvalue weighted by Gasteiger charge is -2.23. The van der Waals surface area contributed by atoms with Gasteiger partial charge in [0.15, 0.2) is 0 Å². The number of rotatable bonds is 10. The number of furan rings is 1. The van der Waals surface area contributed by atoms with E-state index in [-0.39, 0.29) is 17.8 Å². The molecule has 2 heterocycles. The van der Waals surface area contributed by atoms with E-state index in [0.717, 1.165) is 30.2 Å². The van der Waals surface area contributed by atoms with E-state index in [9.17, 15) is 13.2 Å². The Labute approximate surface area is 199 Å². The molecular formula is C25H28N4O4S. The summed E-state index contributed by atoms with van der Waals surface area (Å²) in [4.78, 5) is 17.1. The second-order valence-electron chi connectivity index (χ2n) is 8.96. The van der Waals surface area contributed by atoms with E-state index in [2.05, 4.69) is 11.1 Å². The predicted molar refractivity (Wildman–Crippen MR) is 131 cm³/mol. The number of aromatic nitrogens is 1. The molecule has 34 heavy (non-hydrogen) atoms. The van der Waals surface area contributed by atoms with E-state index in [0.29, 0.717) is 54.1 Å². The number of carbonyl (C=O) groups is 1. The van der Waals surface area contributed by atoms with Gasteiger partial charge in [-0.25, -0.2) is 8.42 Å². The number of primary amides is 1. The van der Waals surface area contributed by atoms with Crippen molar-refractivity contribution in [3.05, 3.63) is 47.0 Å². The molecule has 1 saturated carbocycles. The average molecular weight is 481 g/mol. The Hall–Kier alpha value is -3.38. The summed E-state index contributed by atoms with van der Waals surface area (Å²) in [6.07, 6.45) is 5.43. The summed E-state index contributed by atoms with van der Waals surface area (Å²) in [6.45, 7) is 2.18. The number of carbonyl (C=O) groups excluding carboxylic acids is 1. The van der Waals surface area contributed by atoms with Crippen LogP contribution in [-0.2, 0) is 16.4 Å². The fraction of sp³-hybridized carbons (Fsp3) is 0.400. The highest BCUT2D eigenvalue weighted by molar-refractivity contribution is 7.92. The van der Waals surface area contributed by atoms with Crippen molar-refractivity contribution in [3.8, 4) is 17.4 Å². The lowest BCUT2D eigenvalue weighted by atomic mass is 10.0. The van der Waals surface area contributed by atoms with Gasteiger partial charge in [-0.05, 0) is 56.6 Å². The highest BCUT2D eigenvalue weighted by Gasteiger charge is 2.30. The molecule has 1 aromatic carbocycles. The second-order valence-corrected chi connectivity index (χ2v) is 10.9. The number of unbranched alkanes of at least 4 members (excludes halogenated alkanes) is 2. The Morgan fingerprint density at radius 1 is 1.26 bits per heavy atom. The van der Waals surface area contributed by atoms with Gasteiger partial charge in [-0.3, -0.25) is 9.10 Å². The summed E-state index contributed by atoms with van der Waals surface area (Å²) in [7, 11) is -3.63. The van der Waals surface area contributed by atoms with E-state index < -0.39 is 15.9 Å². The first kappa shape index (κ1) is 23.8. The SMILES string of the molecule is Cc1ccc(-c2oc3nc(N(CCCCC#N)S(C)(=O)=O)c(CC4CC4)cc3c2C(N)=O)cc1. The number of hydrogen-bond acceptors (Lipinski definition) is 6. The molecule has 1 fully saturated rings. The number of aryl methyl sites for hydroxylation is 1. The Morgan fingerprint density at radius 2 is 1.97 bits per heavy atom. The third-order valence-corrected chi connectivity index (χ3v) is 7.20. The fourth-order valence-corrected chi connectivity index (χ4v) is 5.03. The molecule has 0 spiro atoms. The highest BCUT2D eigenvalue weighted by atomic mass is 32.2. The van der Waals surface area contributed by atoms with Gasteiger partial charge in [-0.2, -0.15) is 10.2 Å². The molecule has 2 N–H and O–H groups in total. The number of nitrogens with two attached hydrogens (primary N) is 1. The summed E-state index contributed by atoms with van der Waals surface area (Å²) < 4.78 is 32.8. The van der Waals surface area contributed by atoms with E-state index in [1.165, 1.54) is 4.31 Å². The largest absolute Gasteiger partial charge is 0.437 e. The molecule has 0 saturated heterocycles. The lowest BCUT2D eigenvalue weighted by molar-refractivity contribution is 0.100. The van der Waals surface area contributed by atoms with Gasteiger partial charge in [0.25, 0.3) is 5.91 Å². The molecule has 0 bridgehead atoms. The van der Waals surface area contributed by atoms with E-state index in [4.69, 9.17) is 15.4 Å². The number of sulfonamides is 1. The number of fused-ring (bicyclic) bond motifs is 1. The number of benzene rings is 1.